The van der Waals surface area contributed by atoms with E-state index in [9.17, 15) is 9.18 Å². The van der Waals surface area contributed by atoms with Crippen molar-refractivity contribution in [3.8, 4) is 0 Å². The van der Waals surface area contributed by atoms with Crippen LogP contribution in [0.3, 0.4) is 0 Å². The number of ether oxygens (including phenoxy) is 1. The Balaban J connectivity index is 1.66. The number of furan rings is 1. The Morgan fingerprint density at radius 2 is 2.12 bits per heavy atom. The fourth-order valence-electron chi connectivity index (χ4n) is 2.52. The van der Waals surface area contributed by atoms with E-state index in [1.807, 2.05) is 30.3 Å². The lowest BCUT2D eigenvalue weighted by Crippen LogP contribution is -2.25. The van der Waals surface area contributed by atoms with Crippen molar-refractivity contribution in [3.05, 3.63) is 77.3 Å². The molecule has 1 unspecified atom stereocenters. The smallest absolute Gasteiger partial charge is 0.371 e. The number of hydrogen-bond donors (Lipinski definition) is 1. The highest BCUT2D eigenvalue weighted by Gasteiger charge is 2.29. The fourth-order valence-corrected chi connectivity index (χ4v) is 2.52. The molecule has 0 aliphatic heterocycles. The van der Waals surface area contributed by atoms with Crippen LogP contribution in [-0.4, -0.2) is 16.9 Å². The van der Waals surface area contributed by atoms with Crippen LogP contribution in [0.25, 0.3) is 5.57 Å². The number of halogens is 1. The summed E-state index contributed by atoms with van der Waals surface area (Å²) in [5.41, 5.74) is 2.49. The minimum Gasteiger partial charge on any atom is -0.475 e. The van der Waals surface area contributed by atoms with Gasteiger partial charge in [-0.2, -0.15) is 0 Å². The molecule has 0 fully saturated rings. The molecule has 0 radical (unpaired) electrons. The molecule has 2 aromatic rings. The van der Waals surface area contributed by atoms with Gasteiger partial charge in [0, 0.05) is 12.0 Å². The third kappa shape index (κ3) is 3.46. The first-order valence-corrected chi connectivity index (χ1v) is 7.57. The number of allylic oxidation sites excluding steroid dienone is 2. The van der Waals surface area contributed by atoms with Crippen LogP contribution >= 0.6 is 0 Å². The van der Waals surface area contributed by atoms with Crippen LogP contribution in [0.5, 0.6) is 0 Å². The lowest BCUT2D eigenvalue weighted by Gasteiger charge is -2.24. The van der Waals surface area contributed by atoms with Crippen molar-refractivity contribution in [2.24, 2.45) is 0 Å². The summed E-state index contributed by atoms with van der Waals surface area (Å²) in [5, 5.41) is 8.90. The normalized spacial score (nSPS) is 20.0. The lowest BCUT2D eigenvalue weighted by atomic mass is 9.97. The lowest BCUT2D eigenvalue weighted by molar-refractivity contribution is -0.114. The highest BCUT2D eigenvalue weighted by Crippen LogP contribution is 2.31. The van der Waals surface area contributed by atoms with Gasteiger partial charge in [0.1, 0.15) is 5.76 Å². The maximum Gasteiger partial charge on any atom is 0.371 e. The molecule has 0 spiro atoms. The van der Waals surface area contributed by atoms with Gasteiger partial charge >= 0.3 is 5.97 Å². The zero-order valence-corrected chi connectivity index (χ0v) is 13.2. The molecule has 1 aromatic carbocycles. The van der Waals surface area contributed by atoms with Crippen LogP contribution in [0.2, 0.25) is 0 Å². The molecular formula is C19H17FO4. The summed E-state index contributed by atoms with van der Waals surface area (Å²) in [5.74, 6) is -2.83. The van der Waals surface area contributed by atoms with Crippen molar-refractivity contribution in [1.29, 1.82) is 0 Å². The number of carbonyl (C=O) groups is 1. The van der Waals surface area contributed by atoms with Gasteiger partial charge in [-0.05, 0) is 30.2 Å². The van der Waals surface area contributed by atoms with Gasteiger partial charge in [-0.1, -0.05) is 42.5 Å². The Labute approximate surface area is 138 Å². The second kappa shape index (κ2) is 6.45. The highest BCUT2D eigenvalue weighted by molar-refractivity contribution is 5.84. The van der Waals surface area contributed by atoms with Crippen molar-refractivity contribution >= 4 is 11.5 Å². The van der Waals surface area contributed by atoms with Crippen molar-refractivity contribution in [3.63, 3.8) is 0 Å². The van der Waals surface area contributed by atoms with Crippen molar-refractivity contribution in [2.45, 2.75) is 25.8 Å². The molecule has 1 N–H and O–H groups in total. The molecule has 1 aliphatic carbocycles. The number of aryl methyl sites for hydroxylation is 1. The molecule has 1 atom stereocenters. The van der Waals surface area contributed by atoms with E-state index in [1.165, 1.54) is 12.1 Å². The van der Waals surface area contributed by atoms with Crippen LogP contribution in [0.1, 0.15) is 33.9 Å². The van der Waals surface area contributed by atoms with E-state index in [2.05, 4.69) is 0 Å². The fraction of sp³-hybridized carbons (Fsp3) is 0.211. The van der Waals surface area contributed by atoms with E-state index in [1.54, 1.807) is 19.1 Å². The van der Waals surface area contributed by atoms with Crippen LogP contribution in [-0.2, 0) is 11.3 Å². The van der Waals surface area contributed by atoms with Gasteiger partial charge in [0.05, 0.1) is 6.61 Å². The molecule has 5 heteroatoms. The minimum absolute atomic E-state index is 0.0576. The third-order valence-electron chi connectivity index (χ3n) is 3.92. The van der Waals surface area contributed by atoms with E-state index in [0.29, 0.717) is 11.3 Å². The average molecular weight is 328 g/mol. The molecule has 1 aromatic heterocycles. The average Bonchev–Trinajstić information content (AvgIpc) is 2.96. The first-order valence-electron chi connectivity index (χ1n) is 7.57. The standard InChI is InChI=1S/C19H17FO4/c1-13-16(11-17(24-13)18(21)22)12-23-19(20)9-7-15(8-10-19)14-5-3-2-4-6-14/h2-9,11H,10,12H2,1H3,(H,21,22). The Kier molecular flexibility index (Phi) is 4.36. The molecule has 124 valence electrons. The first-order chi connectivity index (χ1) is 11.5. The predicted octanol–water partition coefficient (Wildman–Crippen LogP) is 4.51. The van der Waals surface area contributed by atoms with Gasteiger partial charge in [-0.15, -0.1) is 0 Å². The number of benzene rings is 1. The quantitative estimate of drug-likeness (QED) is 0.877. The number of aromatic carboxylic acids is 1. The number of hydrogen-bond acceptors (Lipinski definition) is 3. The Bertz CT molecular complexity index is 804. The van der Waals surface area contributed by atoms with E-state index in [-0.39, 0.29) is 18.8 Å². The van der Waals surface area contributed by atoms with E-state index >= 15 is 0 Å². The van der Waals surface area contributed by atoms with Gasteiger partial charge in [0.15, 0.2) is 0 Å². The monoisotopic (exact) mass is 328 g/mol. The summed E-state index contributed by atoms with van der Waals surface area (Å²) < 4.78 is 25.2. The molecule has 0 saturated heterocycles. The number of carboxylic acid groups (broad SMARTS) is 1. The predicted molar refractivity (Wildman–Crippen MR) is 87.2 cm³/mol. The summed E-state index contributed by atoms with van der Waals surface area (Å²) in [6.45, 7) is 1.57. The van der Waals surface area contributed by atoms with Crippen LogP contribution in [0.15, 0.2) is 59.0 Å². The minimum atomic E-state index is -1.91. The molecule has 24 heavy (non-hydrogen) atoms. The van der Waals surface area contributed by atoms with E-state index in [4.69, 9.17) is 14.3 Å². The molecule has 1 heterocycles. The molecule has 0 bridgehead atoms. The molecule has 0 amide bonds. The summed E-state index contributed by atoms with van der Waals surface area (Å²) in [6.07, 6.45) is 4.98. The zero-order valence-electron chi connectivity index (χ0n) is 13.2. The van der Waals surface area contributed by atoms with Gasteiger partial charge in [0.25, 0.3) is 0 Å². The van der Waals surface area contributed by atoms with E-state index < -0.39 is 11.8 Å². The second-order valence-corrected chi connectivity index (χ2v) is 5.64. The van der Waals surface area contributed by atoms with Crippen molar-refractivity contribution in [1.82, 2.24) is 0 Å². The molecular weight excluding hydrogens is 311 g/mol. The zero-order chi connectivity index (χ0) is 17.2. The largest absolute Gasteiger partial charge is 0.475 e. The van der Waals surface area contributed by atoms with Gasteiger partial charge in [0.2, 0.25) is 11.6 Å². The van der Waals surface area contributed by atoms with Gasteiger partial charge in [-0.3, -0.25) is 0 Å². The molecule has 1 aliphatic rings. The van der Waals surface area contributed by atoms with Crippen LogP contribution in [0, 0.1) is 6.92 Å². The first kappa shape index (κ1) is 16.2. The highest BCUT2D eigenvalue weighted by atomic mass is 19.2. The van der Waals surface area contributed by atoms with Crippen molar-refractivity contribution < 1.29 is 23.4 Å². The maximum atomic E-state index is 14.7. The maximum absolute atomic E-state index is 14.7. The Morgan fingerprint density at radius 3 is 2.71 bits per heavy atom. The molecule has 0 saturated carbocycles. The topological polar surface area (TPSA) is 59.7 Å². The van der Waals surface area contributed by atoms with Gasteiger partial charge in [-0.25, -0.2) is 9.18 Å². The number of carboxylic acids is 1. The number of alkyl halides is 1. The van der Waals surface area contributed by atoms with Crippen LogP contribution < -0.4 is 0 Å². The molecule has 3 rings (SSSR count). The Morgan fingerprint density at radius 1 is 1.38 bits per heavy atom. The summed E-state index contributed by atoms with van der Waals surface area (Å²) in [6, 6.07) is 11.1. The van der Waals surface area contributed by atoms with E-state index in [0.717, 1.165) is 11.1 Å². The van der Waals surface area contributed by atoms with Crippen molar-refractivity contribution in [2.75, 3.05) is 0 Å². The third-order valence-corrected chi connectivity index (χ3v) is 3.92. The SMILES string of the molecule is Cc1oc(C(=O)O)cc1COC1(F)C=CC(c2ccccc2)=CC1. The van der Waals surface area contributed by atoms with Crippen LogP contribution in [0.4, 0.5) is 4.39 Å². The molecule has 4 nitrogen and oxygen atoms in total. The second-order valence-electron chi connectivity index (χ2n) is 5.64. The summed E-state index contributed by atoms with van der Waals surface area (Å²) in [4.78, 5) is 10.9. The van der Waals surface area contributed by atoms with Gasteiger partial charge < -0.3 is 14.3 Å². The number of rotatable bonds is 5. The summed E-state index contributed by atoms with van der Waals surface area (Å²) >= 11 is 0. The summed E-state index contributed by atoms with van der Waals surface area (Å²) in [7, 11) is 0. The Hall–Kier alpha value is -2.66.